The quantitative estimate of drug-likeness (QED) is 0.239. The number of phenols is 1. The summed E-state index contributed by atoms with van der Waals surface area (Å²) in [6.07, 6.45) is -0.328. The monoisotopic (exact) mass is 619 g/mol. The Bertz CT molecular complexity index is 1090. The number of hydrogen-bond donors (Lipinski definition) is 3. The van der Waals surface area contributed by atoms with Crippen LogP contribution in [0, 0.1) is 5.92 Å². The molecule has 0 aliphatic carbocycles. The number of rotatable bonds is 9. The van der Waals surface area contributed by atoms with E-state index in [1.54, 1.807) is 39.8 Å². The van der Waals surface area contributed by atoms with Gasteiger partial charge in [-0.25, -0.2) is 4.79 Å². The van der Waals surface area contributed by atoms with Gasteiger partial charge < -0.3 is 24.8 Å². The maximum atomic E-state index is 12.9. The molecular formula is C23H28Br2NO7P. The summed E-state index contributed by atoms with van der Waals surface area (Å²) in [5.74, 6) is -1.09. The fourth-order valence-electron chi connectivity index (χ4n) is 3.04. The van der Waals surface area contributed by atoms with Crippen molar-refractivity contribution in [2.24, 2.45) is 5.92 Å². The van der Waals surface area contributed by atoms with Gasteiger partial charge >= 0.3 is 5.97 Å². The highest BCUT2D eigenvalue weighted by Crippen LogP contribution is 2.44. The van der Waals surface area contributed by atoms with Crippen molar-refractivity contribution in [1.29, 1.82) is 0 Å². The van der Waals surface area contributed by atoms with Gasteiger partial charge in [-0.1, -0.05) is 13.8 Å². The van der Waals surface area contributed by atoms with E-state index in [0.29, 0.717) is 20.3 Å². The number of esters is 1. The fourth-order valence-corrected chi connectivity index (χ4v) is 5.34. The van der Waals surface area contributed by atoms with Gasteiger partial charge in [0.05, 0.1) is 20.6 Å². The summed E-state index contributed by atoms with van der Waals surface area (Å²) in [5.41, 5.74) is 0.565. The van der Waals surface area contributed by atoms with Crippen molar-refractivity contribution in [3.05, 3.63) is 50.4 Å². The molecule has 2 rings (SSSR count). The Labute approximate surface area is 215 Å². The predicted molar refractivity (Wildman–Crippen MR) is 137 cm³/mol. The molecule has 11 heteroatoms. The zero-order valence-electron chi connectivity index (χ0n) is 19.5. The molecule has 34 heavy (non-hydrogen) atoms. The fraction of sp³-hybridized carbons (Fsp3) is 0.391. The van der Waals surface area contributed by atoms with Crippen LogP contribution in [0.2, 0.25) is 0 Å². The van der Waals surface area contributed by atoms with Crippen molar-refractivity contribution in [3.8, 4) is 17.2 Å². The summed E-state index contributed by atoms with van der Waals surface area (Å²) >= 11 is 6.81. The molecule has 1 amide bonds. The largest absolute Gasteiger partial charge is 0.507 e. The number of carbonyl (C=O) groups is 2. The molecule has 0 bridgehead atoms. The van der Waals surface area contributed by atoms with Crippen LogP contribution >= 0.6 is 39.2 Å². The average Bonchev–Trinajstić information content (AvgIpc) is 2.67. The Hall–Kier alpha value is -1.87. The van der Waals surface area contributed by atoms with Crippen molar-refractivity contribution >= 4 is 51.1 Å². The molecule has 0 spiro atoms. The number of carbonyl (C=O) groups excluding carboxylic acids is 2. The van der Waals surface area contributed by atoms with E-state index in [9.17, 15) is 24.2 Å². The van der Waals surface area contributed by atoms with Gasteiger partial charge in [0.25, 0.3) is 5.91 Å². The third-order valence-corrected chi connectivity index (χ3v) is 6.66. The van der Waals surface area contributed by atoms with Gasteiger partial charge in [-0.15, -0.1) is 0 Å². The van der Waals surface area contributed by atoms with E-state index in [2.05, 4.69) is 37.2 Å². The Balaban J connectivity index is 2.29. The minimum Gasteiger partial charge on any atom is -0.507 e. The van der Waals surface area contributed by atoms with Crippen LogP contribution in [0.25, 0.3) is 0 Å². The third-order valence-electron chi connectivity index (χ3n) is 4.53. The number of benzene rings is 2. The molecule has 2 unspecified atom stereocenters. The van der Waals surface area contributed by atoms with E-state index >= 15 is 0 Å². The van der Waals surface area contributed by atoms with Crippen LogP contribution < -0.4 is 10.1 Å². The Morgan fingerprint density at radius 1 is 1.09 bits per heavy atom. The molecule has 8 nitrogen and oxygen atoms in total. The molecule has 0 aromatic heterocycles. The first-order valence-electron chi connectivity index (χ1n) is 10.5. The Morgan fingerprint density at radius 2 is 1.68 bits per heavy atom. The molecule has 186 valence electrons. The van der Waals surface area contributed by atoms with Gasteiger partial charge in [0.2, 0.25) is 7.37 Å². The van der Waals surface area contributed by atoms with Crippen molar-refractivity contribution in [3.63, 3.8) is 0 Å². The maximum absolute atomic E-state index is 12.9. The van der Waals surface area contributed by atoms with Gasteiger partial charge in [0, 0.05) is 12.8 Å². The number of ether oxygens (including phenoxy) is 2. The van der Waals surface area contributed by atoms with Gasteiger partial charge in [-0.05, 0) is 87.5 Å². The summed E-state index contributed by atoms with van der Waals surface area (Å²) in [7, 11) is -3.25. The lowest BCUT2D eigenvalue weighted by molar-refractivity contribution is -0.150. The summed E-state index contributed by atoms with van der Waals surface area (Å²) in [6, 6.07) is 6.62. The van der Waals surface area contributed by atoms with Crippen LogP contribution in [0.15, 0.2) is 39.3 Å². The van der Waals surface area contributed by atoms with E-state index in [-0.39, 0.29) is 35.2 Å². The number of aromatic hydroxyl groups is 1. The molecule has 3 N–H and O–H groups in total. The summed E-state index contributed by atoms with van der Waals surface area (Å²) in [5, 5.41) is 12.9. The number of phenolic OH excluding ortho intramolecular Hbond substituents is 1. The zero-order chi connectivity index (χ0) is 25.8. The SMILES string of the molecule is CC(C)OC(=O)C(NC(=O)c1cc(Oc2c(Br)cc(CP(C)(=O)O)cc2Br)ccc1O)C(C)C. The molecule has 0 aliphatic heterocycles. The molecule has 0 heterocycles. The lowest BCUT2D eigenvalue weighted by Crippen LogP contribution is -2.46. The van der Waals surface area contributed by atoms with Crippen LogP contribution in [-0.4, -0.2) is 40.7 Å². The molecule has 2 aromatic carbocycles. The molecule has 0 saturated carbocycles. The zero-order valence-corrected chi connectivity index (χ0v) is 23.5. The molecule has 0 radical (unpaired) electrons. The highest BCUT2D eigenvalue weighted by molar-refractivity contribution is 9.11. The van der Waals surface area contributed by atoms with Crippen molar-refractivity contribution < 1.29 is 33.6 Å². The highest BCUT2D eigenvalue weighted by Gasteiger charge is 2.28. The minimum absolute atomic E-state index is 0.00424. The molecule has 0 saturated heterocycles. The summed E-state index contributed by atoms with van der Waals surface area (Å²) in [6.45, 7) is 8.28. The van der Waals surface area contributed by atoms with E-state index in [4.69, 9.17) is 9.47 Å². The third kappa shape index (κ3) is 8.12. The molecule has 0 aliphatic rings. The minimum atomic E-state index is -3.25. The van der Waals surface area contributed by atoms with Crippen LogP contribution in [0.4, 0.5) is 0 Å². The number of hydrogen-bond acceptors (Lipinski definition) is 6. The van der Waals surface area contributed by atoms with Gasteiger partial charge in [-0.2, -0.15) is 0 Å². The molecular weight excluding hydrogens is 593 g/mol. The van der Waals surface area contributed by atoms with Crippen LogP contribution in [0.5, 0.6) is 17.2 Å². The molecule has 2 aromatic rings. The van der Waals surface area contributed by atoms with Crippen LogP contribution in [0.3, 0.4) is 0 Å². The first kappa shape index (κ1) is 28.4. The normalized spacial score (nSPS) is 13.9. The molecule has 0 fully saturated rings. The van der Waals surface area contributed by atoms with Gasteiger partial charge in [-0.3, -0.25) is 9.36 Å². The average molecular weight is 621 g/mol. The Kier molecular flexibility index (Phi) is 9.77. The van der Waals surface area contributed by atoms with Crippen molar-refractivity contribution in [1.82, 2.24) is 5.32 Å². The standard InChI is InChI=1S/C23H28Br2NO7P/c1-12(2)20(23(29)32-13(3)4)26-22(28)16-10-15(6-7-19(16)27)33-21-17(24)8-14(9-18(21)25)11-34(5,30)31/h6-10,12-13,20,27H,11H2,1-5H3,(H,26,28)(H,30,31). The van der Waals surface area contributed by atoms with E-state index in [1.165, 1.54) is 24.9 Å². The van der Waals surface area contributed by atoms with E-state index in [1.807, 2.05) is 0 Å². The number of halogens is 2. The van der Waals surface area contributed by atoms with Gasteiger partial charge in [0.1, 0.15) is 17.5 Å². The number of nitrogens with one attached hydrogen (secondary N) is 1. The predicted octanol–water partition coefficient (Wildman–Crippen LogP) is 5.82. The maximum Gasteiger partial charge on any atom is 0.329 e. The second-order valence-corrected chi connectivity index (χ2v) is 12.7. The van der Waals surface area contributed by atoms with E-state index < -0.39 is 25.3 Å². The van der Waals surface area contributed by atoms with E-state index in [0.717, 1.165) is 0 Å². The smallest absolute Gasteiger partial charge is 0.329 e. The second-order valence-electron chi connectivity index (χ2n) is 8.56. The molecule has 2 atom stereocenters. The highest BCUT2D eigenvalue weighted by atomic mass is 79.9. The first-order chi connectivity index (χ1) is 15.7. The topological polar surface area (TPSA) is 122 Å². The summed E-state index contributed by atoms with van der Waals surface area (Å²) in [4.78, 5) is 34.9. The van der Waals surface area contributed by atoms with Crippen molar-refractivity contribution in [2.75, 3.05) is 6.66 Å². The second kappa shape index (κ2) is 11.7. The summed E-state index contributed by atoms with van der Waals surface area (Å²) < 4.78 is 23.9. The lowest BCUT2D eigenvalue weighted by atomic mass is 10.0. The van der Waals surface area contributed by atoms with Crippen LogP contribution in [0.1, 0.15) is 43.6 Å². The first-order valence-corrected chi connectivity index (χ1v) is 14.3. The van der Waals surface area contributed by atoms with Crippen molar-refractivity contribution in [2.45, 2.75) is 46.0 Å². The van der Waals surface area contributed by atoms with Gasteiger partial charge in [0.15, 0.2) is 5.75 Å². The van der Waals surface area contributed by atoms with Crippen LogP contribution in [-0.2, 0) is 20.3 Å². The Morgan fingerprint density at radius 3 is 2.18 bits per heavy atom. The number of amides is 1. The lowest BCUT2D eigenvalue weighted by Gasteiger charge is -2.22.